The maximum absolute atomic E-state index is 13.3. The Kier molecular flexibility index (Phi) is 19.8. The first-order chi connectivity index (χ1) is 21.8. The number of carbonyl (C=O) groups excluding carboxylic acids is 2. The van der Waals surface area contributed by atoms with Crippen molar-refractivity contribution < 1.29 is 38.4 Å². The number of aromatic nitrogens is 1. The van der Waals surface area contributed by atoms with Crippen LogP contribution in [0.1, 0.15) is 37.3 Å². The van der Waals surface area contributed by atoms with Crippen molar-refractivity contribution in [1.82, 2.24) is 15.6 Å². The van der Waals surface area contributed by atoms with E-state index >= 15 is 0 Å². The van der Waals surface area contributed by atoms with E-state index in [9.17, 15) is 19.5 Å². The second-order valence-corrected chi connectivity index (χ2v) is 10.7. The summed E-state index contributed by atoms with van der Waals surface area (Å²) in [5.41, 5.74) is 5.76. The van der Waals surface area contributed by atoms with Crippen molar-refractivity contribution in [1.29, 1.82) is 0 Å². The number of nitrogens with two attached hydrogens (primary N) is 1. The van der Waals surface area contributed by atoms with Gasteiger partial charge in [-0.25, -0.2) is 4.98 Å². The fourth-order valence-corrected chi connectivity index (χ4v) is 4.51. The van der Waals surface area contributed by atoms with E-state index in [0.717, 1.165) is 5.82 Å². The Hall–Kier alpha value is -3.04. The molecule has 250 valence electrons. The number of nitrogens with zero attached hydrogens (tertiary/aromatic N) is 1. The molecule has 0 spiro atoms. The summed E-state index contributed by atoms with van der Waals surface area (Å²) in [4.78, 5) is 41.9. The first-order valence-electron chi connectivity index (χ1n) is 14.7. The fourth-order valence-electron chi connectivity index (χ4n) is 3.96. The first-order valence-corrected chi connectivity index (χ1v) is 15.5. The van der Waals surface area contributed by atoms with Crippen molar-refractivity contribution in [2.24, 2.45) is 5.73 Å². The molecule has 2 rings (SSSR count). The second kappa shape index (κ2) is 23.3. The van der Waals surface area contributed by atoms with Crippen LogP contribution in [-0.2, 0) is 33.3 Å². The van der Waals surface area contributed by atoms with Crippen molar-refractivity contribution in [3.63, 3.8) is 0 Å². The number of halogens is 2. The Bertz CT molecular complexity index is 1130. The Labute approximate surface area is 273 Å². The lowest BCUT2D eigenvalue weighted by atomic mass is 10.0. The highest BCUT2D eigenvalue weighted by Crippen LogP contribution is 2.25. The molecular weight excluding hydrogens is 629 g/mol. The van der Waals surface area contributed by atoms with Gasteiger partial charge in [-0.05, 0) is 48.7 Å². The Morgan fingerprint density at radius 2 is 1.51 bits per heavy atom. The zero-order valence-corrected chi connectivity index (χ0v) is 26.7. The average Bonchev–Trinajstić information content (AvgIpc) is 3.00. The Morgan fingerprint density at radius 3 is 2.11 bits per heavy atom. The molecule has 1 heterocycles. The number of carboxylic acid groups (broad SMARTS) is 1. The minimum absolute atomic E-state index is 0.154. The summed E-state index contributed by atoms with van der Waals surface area (Å²) in [6, 6.07) is 8.07. The number of rotatable bonds is 25. The van der Waals surface area contributed by atoms with Gasteiger partial charge in [-0.1, -0.05) is 29.3 Å². The monoisotopic (exact) mass is 671 g/mol. The molecule has 0 aliphatic rings. The largest absolute Gasteiger partial charge is 0.481 e. The molecule has 2 aromatic rings. The van der Waals surface area contributed by atoms with Gasteiger partial charge < -0.3 is 45.7 Å². The molecule has 1 unspecified atom stereocenters. The quantitative estimate of drug-likeness (QED) is 0.0978. The van der Waals surface area contributed by atoms with Crippen LogP contribution < -0.4 is 21.7 Å². The molecule has 0 saturated heterocycles. The van der Waals surface area contributed by atoms with E-state index < -0.39 is 30.4 Å². The van der Waals surface area contributed by atoms with Crippen LogP contribution in [0.4, 0.5) is 5.82 Å². The van der Waals surface area contributed by atoms with Crippen molar-refractivity contribution in [2.45, 2.75) is 37.8 Å². The van der Waals surface area contributed by atoms with E-state index in [4.69, 9.17) is 47.9 Å². The lowest BCUT2D eigenvalue weighted by molar-refractivity contribution is -0.138. The molecule has 13 nitrogen and oxygen atoms in total. The van der Waals surface area contributed by atoms with Gasteiger partial charge >= 0.3 is 5.97 Å². The molecule has 6 N–H and O–H groups in total. The van der Waals surface area contributed by atoms with Gasteiger partial charge in [0.25, 0.3) is 0 Å². The van der Waals surface area contributed by atoms with Crippen LogP contribution in [0, 0.1) is 0 Å². The van der Waals surface area contributed by atoms with E-state index in [1.807, 2.05) is 18.2 Å². The number of carboxylic acids is 1. The number of aliphatic carboxylic acids is 1. The summed E-state index contributed by atoms with van der Waals surface area (Å²) in [5.74, 6) is -1.36. The number of amides is 2. The summed E-state index contributed by atoms with van der Waals surface area (Å²) in [5, 5.41) is 18.6. The average molecular weight is 673 g/mol. The van der Waals surface area contributed by atoms with Crippen molar-refractivity contribution in [2.75, 3.05) is 71.3 Å². The molecule has 2 atom stereocenters. The van der Waals surface area contributed by atoms with E-state index in [0.29, 0.717) is 64.5 Å². The van der Waals surface area contributed by atoms with E-state index in [1.54, 1.807) is 6.20 Å². The summed E-state index contributed by atoms with van der Waals surface area (Å²) in [6.45, 7) is 3.41. The minimum Gasteiger partial charge on any atom is -0.481 e. The highest BCUT2D eigenvalue weighted by atomic mass is 35.5. The normalized spacial score (nSPS) is 12.3. The number of unbranched alkanes of at least 4 members (excludes halogenated alkanes) is 1. The molecule has 0 radical (unpaired) electrons. The van der Waals surface area contributed by atoms with E-state index in [1.165, 1.54) is 18.2 Å². The SMILES string of the molecule is NCCOCCOCCOCCOC[C@H](NC(=O)CCCCNc1ccccn1)C(=O)NC(CC(=O)O)c1cc(Cl)cc(Cl)c1. The second-order valence-electron chi connectivity index (χ2n) is 9.78. The van der Waals surface area contributed by atoms with Gasteiger partial charge in [-0.3, -0.25) is 14.4 Å². The molecule has 1 aromatic heterocycles. The summed E-state index contributed by atoms with van der Waals surface area (Å²) in [6.07, 6.45) is 2.71. The number of ether oxygens (including phenoxy) is 4. The number of nitrogens with one attached hydrogen (secondary N) is 3. The van der Waals surface area contributed by atoms with Crippen LogP contribution in [-0.4, -0.2) is 99.9 Å². The molecule has 0 saturated carbocycles. The van der Waals surface area contributed by atoms with Gasteiger partial charge in [0.1, 0.15) is 11.9 Å². The van der Waals surface area contributed by atoms with Crippen LogP contribution >= 0.6 is 23.2 Å². The lowest BCUT2D eigenvalue weighted by Crippen LogP contribution is -2.50. The topological polar surface area (TPSA) is 183 Å². The molecule has 15 heteroatoms. The van der Waals surface area contributed by atoms with E-state index in [-0.39, 0.29) is 42.2 Å². The minimum atomic E-state index is -1.14. The van der Waals surface area contributed by atoms with Gasteiger partial charge in [-0.15, -0.1) is 0 Å². The Morgan fingerprint density at radius 1 is 0.867 bits per heavy atom. The molecule has 0 bridgehead atoms. The lowest BCUT2D eigenvalue weighted by Gasteiger charge is -2.23. The van der Waals surface area contributed by atoms with Gasteiger partial charge in [-0.2, -0.15) is 0 Å². The fraction of sp³-hybridized carbons (Fsp3) is 0.533. The summed E-state index contributed by atoms with van der Waals surface area (Å²) < 4.78 is 21.7. The van der Waals surface area contributed by atoms with Gasteiger partial charge in [0, 0.05) is 35.8 Å². The van der Waals surface area contributed by atoms with Crippen LogP contribution in [0.3, 0.4) is 0 Å². The molecular formula is C30H43Cl2N5O8. The Balaban J connectivity index is 1.88. The summed E-state index contributed by atoms with van der Waals surface area (Å²) >= 11 is 12.2. The molecule has 1 aromatic carbocycles. The smallest absolute Gasteiger partial charge is 0.305 e. The van der Waals surface area contributed by atoms with E-state index in [2.05, 4.69) is 20.9 Å². The molecule has 0 aliphatic heterocycles. The van der Waals surface area contributed by atoms with Crippen molar-refractivity contribution in [3.8, 4) is 0 Å². The number of hydrogen-bond donors (Lipinski definition) is 5. The third-order valence-corrected chi connectivity index (χ3v) is 6.53. The molecule has 2 amide bonds. The van der Waals surface area contributed by atoms with Gasteiger partial charge in [0.15, 0.2) is 0 Å². The molecule has 45 heavy (non-hydrogen) atoms. The molecule has 0 aliphatic carbocycles. The number of hydrogen-bond acceptors (Lipinski definition) is 10. The van der Waals surface area contributed by atoms with Crippen molar-refractivity contribution >= 4 is 46.8 Å². The third-order valence-electron chi connectivity index (χ3n) is 6.10. The highest BCUT2D eigenvalue weighted by molar-refractivity contribution is 6.34. The summed E-state index contributed by atoms with van der Waals surface area (Å²) in [7, 11) is 0. The zero-order chi connectivity index (χ0) is 32.7. The first kappa shape index (κ1) is 38.1. The molecule has 0 fully saturated rings. The van der Waals surface area contributed by atoms with Gasteiger partial charge in [0.2, 0.25) is 11.8 Å². The number of benzene rings is 1. The van der Waals surface area contributed by atoms with Gasteiger partial charge in [0.05, 0.1) is 65.3 Å². The maximum Gasteiger partial charge on any atom is 0.305 e. The standard InChI is InChI=1S/C30H43Cl2N5O8/c31-23-17-22(18-24(32)19-23)25(20-29(39)40)37-30(41)26(21-45-16-15-44-14-13-43-12-11-42-10-7-33)36-28(38)6-2-4-9-35-27-5-1-3-8-34-27/h1,3,5,8,17-19,25-26H,2,4,6-7,9-16,20-21,33H2,(H,34,35)(H,36,38)(H,37,41)(H,39,40)/t25?,26-/m0/s1. The number of anilines is 1. The number of pyridine rings is 1. The predicted octanol–water partition coefficient (Wildman–Crippen LogP) is 2.81. The zero-order valence-electron chi connectivity index (χ0n) is 25.2. The third kappa shape index (κ3) is 17.9. The highest BCUT2D eigenvalue weighted by Gasteiger charge is 2.26. The van der Waals surface area contributed by atoms with Crippen LogP contribution in [0.5, 0.6) is 0 Å². The van der Waals surface area contributed by atoms with Crippen LogP contribution in [0.25, 0.3) is 0 Å². The predicted molar refractivity (Wildman–Crippen MR) is 170 cm³/mol. The van der Waals surface area contributed by atoms with Crippen LogP contribution in [0.15, 0.2) is 42.6 Å². The maximum atomic E-state index is 13.3. The van der Waals surface area contributed by atoms with Crippen molar-refractivity contribution in [3.05, 3.63) is 58.2 Å². The van der Waals surface area contributed by atoms with Crippen LogP contribution in [0.2, 0.25) is 10.0 Å². The number of carbonyl (C=O) groups is 3.